The van der Waals surface area contributed by atoms with E-state index in [1.165, 1.54) is 0 Å². The monoisotopic (exact) mass is 347 g/mol. The molecule has 1 aromatic rings. The predicted octanol–water partition coefficient (Wildman–Crippen LogP) is 1.25. The fourth-order valence-corrected chi connectivity index (χ4v) is 2.88. The van der Waals surface area contributed by atoms with Crippen molar-refractivity contribution in [3.63, 3.8) is 0 Å². The number of methoxy groups -OCH3 is 1. The quantitative estimate of drug-likeness (QED) is 0.745. The van der Waals surface area contributed by atoms with Crippen molar-refractivity contribution in [3.8, 4) is 5.75 Å². The highest BCUT2D eigenvalue weighted by molar-refractivity contribution is 5.78. The molecule has 1 aliphatic heterocycles. The lowest BCUT2D eigenvalue weighted by Gasteiger charge is -2.35. The molecular weight excluding hydrogens is 318 g/mol. The van der Waals surface area contributed by atoms with E-state index in [1.54, 1.807) is 7.11 Å². The SMILES string of the molecule is COc1ccc(CCC(=O)N2CCN(C(=O)CCN(C)C)CC2)cc1. The minimum Gasteiger partial charge on any atom is -0.497 e. The summed E-state index contributed by atoms with van der Waals surface area (Å²) in [5.41, 5.74) is 1.13. The number of ether oxygens (including phenoxy) is 1. The smallest absolute Gasteiger partial charge is 0.223 e. The summed E-state index contributed by atoms with van der Waals surface area (Å²) in [4.78, 5) is 30.3. The highest BCUT2D eigenvalue weighted by Gasteiger charge is 2.23. The number of aryl methyl sites for hydroxylation is 1. The van der Waals surface area contributed by atoms with E-state index in [0.29, 0.717) is 39.0 Å². The molecule has 0 radical (unpaired) electrons. The second kappa shape index (κ2) is 9.42. The fraction of sp³-hybridized carbons (Fsp3) is 0.579. The lowest BCUT2D eigenvalue weighted by atomic mass is 10.1. The zero-order valence-corrected chi connectivity index (χ0v) is 15.5. The number of carbonyl (C=O) groups is 2. The van der Waals surface area contributed by atoms with E-state index in [-0.39, 0.29) is 11.8 Å². The predicted molar refractivity (Wildman–Crippen MR) is 97.6 cm³/mol. The summed E-state index contributed by atoms with van der Waals surface area (Å²) in [6.45, 7) is 3.31. The first-order valence-electron chi connectivity index (χ1n) is 8.83. The van der Waals surface area contributed by atoms with Crippen molar-refractivity contribution >= 4 is 11.8 Å². The van der Waals surface area contributed by atoms with Crippen LogP contribution in [0, 0.1) is 0 Å². The van der Waals surface area contributed by atoms with Crippen LogP contribution in [0.3, 0.4) is 0 Å². The molecular formula is C19H29N3O3. The summed E-state index contributed by atoms with van der Waals surface area (Å²) in [6.07, 6.45) is 1.77. The zero-order valence-electron chi connectivity index (χ0n) is 15.5. The van der Waals surface area contributed by atoms with Crippen molar-refractivity contribution < 1.29 is 14.3 Å². The second-order valence-corrected chi connectivity index (χ2v) is 6.66. The van der Waals surface area contributed by atoms with Gasteiger partial charge < -0.3 is 19.4 Å². The van der Waals surface area contributed by atoms with Crippen LogP contribution in [0.2, 0.25) is 0 Å². The summed E-state index contributed by atoms with van der Waals surface area (Å²) in [5, 5.41) is 0. The number of benzene rings is 1. The topological polar surface area (TPSA) is 53.1 Å². The summed E-state index contributed by atoms with van der Waals surface area (Å²) in [6, 6.07) is 7.82. The molecule has 0 saturated carbocycles. The molecule has 25 heavy (non-hydrogen) atoms. The molecule has 1 fully saturated rings. The Kier molecular flexibility index (Phi) is 7.25. The van der Waals surface area contributed by atoms with Gasteiger partial charge in [0, 0.05) is 45.6 Å². The van der Waals surface area contributed by atoms with Gasteiger partial charge in [-0.05, 0) is 38.2 Å². The largest absolute Gasteiger partial charge is 0.497 e. The lowest BCUT2D eigenvalue weighted by Crippen LogP contribution is -2.51. The van der Waals surface area contributed by atoms with E-state index < -0.39 is 0 Å². The van der Waals surface area contributed by atoms with Gasteiger partial charge in [0.15, 0.2) is 0 Å². The van der Waals surface area contributed by atoms with Crippen molar-refractivity contribution in [1.82, 2.24) is 14.7 Å². The maximum Gasteiger partial charge on any atom is 0.223 e. The molecule has 0 N–H and O–H groups in total. The third kappa shape index (κ3) is 6.05. The normalized spacial score (nSPS) is 14.7. The van der Waals surface area contributed by atoms with Crippen LogP contribution in [0.5, 0.6) is 5.75 Å². The van der Waals surface area contributed by atoms with Gasteiger partial charge in [0.05, 0.1) is 7.11 Å². The Hall–Kier alpha value is -2.08. The van der Waals surface area contributed by atoms with Crippen LogP contribution in [-0.4, -0.2) is 80.4 Å². The van der Waals surface area contributed by atoms with Crippen LogP contribution in [0.4, 0.5) is 0 Å². The van der Waals surface area contributed by atoms with Gasteiger partial charge >= 0.3 is 0 Å². The Bertz CT molecular complexity index is 564. The number of amides is 2. The number of hydrogen-bond donors (Lipinski definition) is 0. The van der Waals surface area contributed by atoms with E-state index in [1.807, 2.05) is 53.1 Å². The van der Waals surface area contributed by atoms with Crippen molar-refractivity contribution in [2.24, 2.45) is 0 Å². The zero-order chi connectivity index (χ0) is 18.2. The Morgan fingerprint density at radius 2 is 1.48 bits per heavy atom. The van der Waals surface area contributed by atoms with E-state index in [9.17, 15) is 9.59 Å². The van der Waals surface area contributed by atoms with Crippen molar-refractivity contribution in [2.75, 3.05) is 53.9 Å². The first-order chi connectivity index (χ1) is 12.0. The number of carbonyl (C=O) groups excluding carboxylic acids is 2. The molecule has 1 aliphatic rings. The molecule has 6 heteroatoms. The van der Waals surface area contributed by atoms with Crippen LogP contribution in [0.1, 0.15) is 18.4 Å². The van der Waals surface area contributed by atoms with E-state index in [4.69, 9.17) is 4.74 Å². The molecule has 0 atom stereocenters. The van der Waals surface area contributed by atoms with Gasteiger partial charge in [0.2, 0.25) is 11.8 Å². The van der Waals surface area contributed by atoms with E-state index >= 15 is 0 Å². The number of nitrogens with zero attached hydrogens (tertiary/aromatic N) is 3. The third-order valence-corrected chi connectivity index (χ3v) is 4.54. The van der Waals surface area contributed by atoms with Gasteiger partial charge in [-0.1, -0.05) is 12.1 Å². The van der Waals surface area contributed by atoms with Crippen molar-refractivity contribution in [1.29, 1.82) is 0 Å². The highest BCUT2D eigenvalue weighted by Crippen LogP contribution is 2.13. The maximum atomic E-state index is 12.4. The highest BCUT2D eigenvalue weighted by atomic mass is 16.5. The summed E-state index contributed by atoms with van der Waals surface area (Å²) < 4.78 is 5.14. The fourth-order valence-electron chi connectivity index (χ4n) is 2.88. The van der Waals surface area contributed by atoms with Crippen LogP contribution in [0.15, 0.2) is 24.3 Å². The summed E-state index contributed by atoms with van der Waals surface area (Å²) >= 11 is 0. The first kappa shape index (κ1) is 19.2. The van der Waals surface area contributed by atoms with Gasteiger partial charge in [0.25, 0.3) is 0 Å². The van der Waals surface area contributed by atoms with Crippen LogP contribution < -0.4 is 4.74 Å². The minimum absolute atomic E-state index is 0.163. The Balaban J connectivity index is 1.72. The van der Waals surface area contributed by atoms with Crippen LogP contribution >= 0.6 is 0 Å². The summed E-state index contributed by atoms with van der Waals surface area (Å²) in [7, 11) is 5.57. The average Bonchev–Trinajstić information content (AvgIpc) is 2.64. The number of hydrogen-bond acceptors (Lipinski definition) is 4. The molecule has 138 valence electrons. The molecule has 0 aromatic heterocycles. The van der Waals surface area contributed by atoms with E-state index in [0.717, 1.165) is 24.3 Å². The van der Waals surface area contributed by atoms with Crippen LogP contribution in [-0.2, 0) is 16.0 Å². The summed E-state index contributed by atoms with van der Waals surface area (Å²) in [5.74, 6) is 1.17. The average molecular weight is 347 g/mol. The molecule has 0 unspecified atom stereocenters. The van der Waals surface area contributed by atoms with E-state index in [2.05, 4.69) is 0 Å². The van der Waals surface area contributed by atoms with Gasteiger partial charge in [-0.2, -0.15) is 0 Å². The first-order valence-corrected chi connectivity index (χ1v) is 8.83. The second-order valence-electron chi connectivity index (χ2n) is 6.66. The molecule has 0 aliphatic carbocycles. The standard InChI is InChI=1S/C19H29N3O3/c1-20(2)11-10-19(24)22-14-12-21(13-15-22)18(23)9-6-16-4-7-17(25-3)8-5-16/h4-5,7-8H,6,9-15H2,1-3H3. The number of piperazine rings is 1. The molecule has 2 amide bonds. The van der Waals surface area contributed by atoms with Gasteiger partial charge in [-0.25, -0.2) is 0 Å². The Morgan fingerprint density at radius 1 is 0.960 bits per heavy atom. The van der Waals surface area contributed by atoms with Gasteiger partial charge in [-0.15, -0.1) is 0 Å². The number of rotatable bonds is 7. The third-order valence-electron chi connectivity index (χ3n) is 4.54. The van der Waals surface area contributed by atoms with Crippen molar-refractivity contribution in [3.05, 3.63) is 29.8 Å². The molecule has 2 rings (SSSR count). The molecule has 6 nitrogen and oxygen atoms in total. The minimum atomic E-state index is 0.163. The molecule has 1 saturated heterocycles. The van der Waals surface area contributed by atoms with Crippen molar-refractivity contribution in [2.45, 2.75) is 19.3 Å². The van der Waals surface area contributed by atoms with Gasteiger partial charge in [0.1, 0.15) is 5.75 Å². The van der Waals surface area contributed by atoms with Gasteiger partial charge in [-0.3, -0.25) is 9.59 Å². The molecule has 1 aromatic carbocycles. The Morgan fingerprint density at radius 3 is 1.96 bits per heavy atom. The Labute approximate surface area is 150 Å². The maximum absolute atomic E-state index is 12.4. The molecule has 1 heterocycles. The molecule has 0 spiro atoms. The van der Waals surface area contributed by atoms with Crippen LogP contribution in [0.25, 0.3) is 0 Å². The molecule has 0 bridgehead atoms. The lowest BCUT2D eigenvalue weighted by molar-refractivity contribution is -0.139.